The normalized spacial score (nSPS) is 14.8. The monoisotopic (exact) mass is 429 g/mol. The van der Waals surface area contributed by atoms with E-state index in [1.807, 2.05) is 54.6 Å². The van der Waals surface area contributed by atoms with Crippen molar-refractivity contribution in [3.8, 4) is 22.8 Å². The Morgan fingerprint density at radius 3 is 2.62 bits per heavy atom. The summed E-state index contributed by atoms with van der Waals surface area (Å²) < 4.78 is 13.1. The van der Waals surface area contributed by atoms with E-state index in [1.54, 1.807) is 6.07 Å². The standard InChI is InChI=1S/C23H19N5O4/c24-21(29)20-22-27-16(14-6-2-1-3-7-14)10-17(28(22)13-26-20)23(30)25-11-15-12-31-18-8-4-5-9-19(18)32-15/h1-10,13,15H,11-12H2,(H2,24,29)(H,25,30). The third kappa shape index (κ3) is 3.60. The highest BCUT2D eigenvalue weighted by Crippen LogP contribution is 2.30. The van der Waals surface area contributed by atoms with E-state index in [4.69, 9.17) is 15.2 Å². The lowest BCUT2D eigenvalue weighted by Gasteiger charge is -2.26. The molecule has 2 amide bonds. The van der Waals surface area contributed by atoms with Crippen LogP contribution in [0.15, 0.2) is 67.0 Å². The summed E-state index contributed by atoms with van der Waals surface area (Å²) in [6.07, 6.45) is 1.02. The molecule has 1 aliphatic heterocycles. The first-order chi connectivity index (χ1) is 15.6. The van der Waals surface area contributed by atoms with Gasteiger partial charge in [-0.25, -0.2) is 9.97 Å². The Morgan fingerprint density at radius 2 is 1.84 bits per heavy atom. The van der Waals surface area contributed by atoms with Crippen LogP contribution in [0.2, 0.25) is 0 Å². The maximum atomic E-state index is 13.1. The van der Waals surface area contributed by atoms with Gasteiger partial charge in [0.2, 0.25) is 0 Å². The van der Waals surface area contributed by atoms with Crippen LogP contribution in [0.5, 0.6) is 11.5 Å². The maximum absolute atomic E-state index is 13.1. The van der Waals surface area contributed by atoms with Crippen LogP contribution in [-0.4, -0.2) is 45.4 Å². The number of hydrogen-bond donors (Lipinski definition) is 2. The van der Waals surface area contributed by atoms with Crippen LogP contribution in [-0.2, 0) is 0 Å². The van der Waals surface area contributed by atoms with Gasteiger partial charge in [-0.15, -0.1) is 0 Å². The number of para-hydroxylation sites is 2. The van der Waals surface area contributed by atoms with Gasteiger partial charge in [0.05, 0.1) is 12.2 Å². The zero-order chi connectivity index (χ0) is 22.1. The predicted molar refractivity (Wildman–Crippen MR) is 116 cm³/mol. The second-order valence-corrected chi connectivity index (χ2v) is 7.25. The van der Waals surface area contributed by atoms with E-state index in [0.29, 0.717) is 23.8 Å². The molecule has 0 bridgehead atoms. The number of hydrogen-bond acceptors (Lipinski definition) is 6. The molecule has 1 aliphatic rings. The Bertz CT molecular complexity index is 1320. The molecule has 2 aromatic carbocycles. The molecule has 3 N–H and O–H groups in total. The first kappa shape index (κ1) is 19.6. The fourth-order valence-corrected chi connectivity index (χ4v) is 3.54. The molecule has 4 aromatic rings. The molecule has 9 heteroatoms. The molecule has 0 aliphatic carbocycles. The van der Waals surface area contributed by atoms with Crippen molar-refractivity contribution in [2.75, 3.05) is 13.2 Å². The van der Waals surface area contributed by atoms with E-state index in [9.17, 15) is 9.59 Å². The van der Waals surface area contributed by atoms with Crippen molar-refractivity contribution in [2.24, 2.45) is 5.73 Å². The zero-order valence-electron chi connectivity index (χ0n) is 16.9. The van der Waals surface area contributed by atoms with Gasteiger partial charge in [-0.05, 0) is 18.2 Å². The number of carbonyl (C=O) groups is 2. The number of aromatic nitrogens is 3. The molecule has 32 heavy (non-hydrogen) atoms. The van der Waals surface area contributed by atoms with E-state index >= 15 is 0 Å². The molecular formula is C23H19N5O4. The van der Waals surface area contributed by atoms with Gasteiger partial charge >= 0.3 is 0 Å². The summed E-state index contributed by atoms with van der Waals surface area (Å²) in [7, 11) is 0. The average molecular weight is 429 g/mol. The second kappa shape index (κ2) is 8.03. The molecule has 1 atom stereocenters. The molecule has 0 spiro atoms. The Kier molecular flexibility index (Phi) is 4.91. The van der Waals surface area contributed by atoms with Gasteiger partial charge in [0.1, 0.15) is 24.7 Å². The van der Waals surface area contributed by atoms with Crippen LogP contribution >= 0.6 is 0 Å². The van der Waals surface area contributed by atoms with Crippen LogP contribution in [0, 0.1) is 0 Å². The molecule has 9 nitrogen and oxygen atoms in total. The number of rotatable bonds is 5. The number of benzene rings is 2. The van der Waals surface area contributed by atoms with Crippen molar-refractivity contribution < 1.29 is 19.1 Å². The first-order valence-corrected chi connectivity index (χ1v) is 10.00. The van der Waals surface area contributed by atoms with Crippen molar-refractivity contribution in [2.45, 2.75) is 6.10 Å². The minimum atomic E-state index is -0.719. The van der Waals surface area contributed by atoms with Crippen molar-refractivity contribution in [1.29, 1.82) is 0 Å². The third-order valence-corrected chi connectivity index (χ3v) is 5.10. The lowest BCUT2D eigenvalue weighted by molar-refractivity contribution is 0.0785. The number of primary amides is 1. The van der Waals surface area contributed by atoms with Gasteiger partial charge in [0, 0.05) is 5.56 Å². The van der Waals surface area contributed by atoms with E-state index in [-0.39, 0.29) is 35.6 Å². The number of nitrogens with zero attached hydrogens (tertiary/aromatic N) is 3. The number of ether oxygens (including phenoxy) is 2. The third-order valence-electron chi connectivity index (χ3n) is 5.10. The van der Waals surface area contributed by atoms with Crippen molar-refractivity contribution >= 4 is 17.5 Å². The summed E-state index contributed by atoms with van der Waals surface area (Å²) in [4.78, 5) is 33.5. The fraction of sp³-hybridized carbons (Fsp3) is 0.130. The fourth-order valence-electron chi connectivity index (χ4n) is 3.54. The highest BCUT2D eigenvalue weighted by Gasteiger charge is 2.23. The van der Waals surface area contributed by atoms with Gasteiger partial charge < -0.3 is 20.5 Å². The van der Waals surface area contributed by atoms with E-state index in [0.717, 1.165) is 5.56 Å². The van der Waals surface area contributed by atoms with Crippen molar-refractivity contribution in [1.82, 2.24) is 19.7 Å². The molecule has 2 aromatic heterocycles. The summed E-state index contributed by atoms with van der Waals surface area (Å²) in [5.74, 6) is 0.223. The summed E-state index contributed by atoms with van der Waals surface area (Å²) >= 11 is 0. The number of amides is 2. The highest BCUT2D eigenvalue weighted by atomic mass is 16.6. The topological polar surface area (TPSA) is 121 Å². The van der Waals surface area contributed by atoms with Gasteiger partial charge in [0.15, 0.2) is 22.8 Å². The largest absolute Gasteiger partial charge is 0.486 e. The van der Waals surface area contributed by atoms with E-state index < -0.39 is 5.91 Å². The number of nitrogens with two attached hydrogens (primary N) is 1. The van der Waals surface area contributed by atoms with E-state index in [2.05, 4.69) is 15.3 Å². The summed E-state index contributed by atoms with van der Waals surface area (Å²) in [6.45, 7) is 0.546. The molecule has 3 heterocycles. The van der Waals surface area contributed by atoms with Crippen LogP contribution in [0.3, 0.4) is 0 Å². The number of imidazole rings is 1. The van der Waals surface area contributed by atoms with Crippen LogP contribution < -0.4 is 20.5 Å². The maximum Gasteiger partial charge on any atom is 0.271 e. The zero-order valence-corrected chi connectivity index (χ0v) is 16.9. The average Bonchev–Trinajstić information content (AvgIpc) is 3.27. The Labute approximate surface area is 182 Å². The second-order valence-electron chi connectivity index (χ2n) is 7.25. The highest BCUT2D eigenvalue weighted by molar-refractivity contribution is 5.99. The van der Waals surface area contributed by atoms with Crippen LogP contribution in [0.4, 0.5) is 0 Å². The SMILES string of the molecule is NC(=O)c1ncn2c(C(=O)NCC3COc4ccccc4O3)cc(-c3ccccc3)nc12. The van der Waals surface area contributed by atoms with Crippen LogP contribution in [0.25, 0.3) is 16.9 Å². The Balaban J connectivity index is 1.44. The Hall–Kier alpha value is -4.40. The Morgan fingerprint density at radius 1 is 1.09 bits per heavy atom. The molecule has 1 unspecified atom stereocenters. The molecule has 0 saturated carbocycles. The number of nitrogens with one attached hydrogen (secondary N) is 1. The summed E-state index contributed by atoms with van der Waals surface area (Å²) in [5, 5.41) is 2.87. The van der Waals surface area contributed by atoms with Gasteiger partial charge in [-0.1, -0.05) is 42.5 Å². The first-order valence-electron chi connectivity index (χ1n) is 10.00. The minimum absolute atomic E-state index is 0.00236. The smallest absolute Gasteiger partial charge is 0.271 e. The van der Waals surface area contributed by atoms with Crippen molar-refractivity contribution in [3.63, 3.8) is 0 Å². The summed E-state index contributed by atoms with van der Waals surface area (Å²) in [6, 6.07) is 18.4. The molecular weight excluding hydrogens is 410 g/mol. The molecule has 160 valence electrons. The minimum Gasteiger partial charge on any atom is -0.486 e. The summed E-state index contributed by atoms with van der Waals surface area (Å²) in [5.41, 5.74) is 7.25. The number of carbonyl (C=O) groups excluding carboxylic acids is 2. The van der Waals surface area contributed by atoms with Gasteiger partial charge in [-0.3, -0.25) is 14.0 Å². The lowest BCUT2D eigenvalue weighted by Crippen LogP contribution is -2.41. The number of fused-ring (bicyclic) bond motifs is 2. The van der Waals surface area contributed by atoms with E-state index in [1.165, 1.54) is 10.7 Å². The molecule has 0 radical (unpaired) electrons. The van der Waals surface area contributed by atoms with Crippen molar-refractivity contribution in [3.05, 3.63) is 78.4 Å². The lowest BCUT2D eigenvalue weighted by atomic mass is 10.1. The predicted octanol–water partition coefficient (Wildman–Crippen LogP) is 2.06. The van der Waals surface area contributed by atoms with Gasteiger partial charge in [0.25, 0.3) is 11.8 Å². The molecule has 0 fully saturated rings. The van der Waals surface area contributed by atoms with Crippen LogP contribution in [0.1, 0.15) is 21.0 Å². The van der Waals surface area contributed by atoms with Gasteiger partial charge in [-0.2, -0.15) is 0 Å². The quantitative estimate of drug-likeness (QED) is 0.501. The molecule has 5 rings (SSSR count). The molecule has 0 saturated heterocycles.